The van der Waals surface area contributed by atoms with E-state index in [-0.39, 0.29) is 5.78 Å². The van der Waals surface area contributed by atoms with Crippen molar-refractivity contribution in [2.24, 2.45) is 0 Å². The summed E-state index contributed by atoms with van der Waals surface area (Å²) in [5.41, 5.74) is 1.38. The van der Waals surface area contributed by atoms with Crippen molar-refractivity contribution in [1.29, 1.82) is 0 Å². The molecule has 1 aromatic rings. The van der Waals surface area contributed by atoms with Gasteiger partial charge in [-0.1, -0.05) is 11.6 Å². The van der Waals surface area contributed by atoms with Crippen LogP contribution in [0.1, 0.15) is 53.6 Å². The summed E-state index contributed by atoms with van der Waals surface area (Å²) in [5.74, 6) is -1.14. The Bertz CT molecular complexity index is 634. The van der Waals surface area contributed by atoms with Crippen LogP contribution in [0.2, 0.25) is 0 Å². The average Bonchev–Trinajstić information content (AvgIpc) is 3.05. The van der Waals surface area contributed by atoms with Crippen LogP contribution in [0.15, 0.2) is 23.8 Å². The summed E-state index contributed by atoms with van der Waals surface area (Å²) in [7, 11) is 0. The zero-order chi connectivity index (χ0) is 17.4. The van der Waals surface area contributed by atoms with Crippen LogP contribution >= 0.6 is 11.3 Å². The van der Waals surface area contributed by atoms with Gasteiger partial charge in [0.2, 0.25) is 0 Å². The van der Waals surface area contributed by atoms with Crippen molar-refractivity contribution < 1.29 is 14.4 Å². The number of hydrogen-bond donors (Lipinski definition) is 2. The summed E-state index contributed by atoms with van der Waals surface area (Å²) in [6, 6.07) is 3.67. The molecule has 0 saturated carbocycles. The topological polar surface area (TPSA) is 75.3 Å². The van der Waals surface area contributed by atoms with E-state index in [1.54, 1.807) is 6.07 Å². The summed E-state index contributed by atoms with van der Waals surface area (Å²) >= 11 is 1.42. The Morgan fingerprint density at radius 3 is 2.33 bits per heavy atom. The molecule has 0 unspecified atom stereocenters. The fourth-order valence-electron chi connectivity index (χ4n) is 2.63. The molecule has 0 spiro atoms. The highest BCUT2D eigenvalue weighted by Gasteiger charge is 2.13. The Hall–Kier alpha value is -1.95. The van der Waals surface area contributed by atoms with E-state index in [1.807, 2.05) is 6.07 Å². The largest absolute Gasteiger partial charge is 0.348 e. The van der Waals surface area contributed by atoms with Crippen LogP contribution in [0.4, 0.5) is 0 Å². The van der Waals surface area contributed by atoms with E-state index in [2.05, 4.69) is 16.7 Å². The summed E-state index contributed by atoms with van der Waals surface area (Å²) in [6.45, 7) is 2.42. The number of nitrogens with one attached hydrogen (secondary N) is 2. The average molecular weight is 348 g/mol. The van der Waals surface area contributed by atoms with Crippen molar-refractivity contribution >= 4 is 28.9 Å². The number of carbonyl (C=O) groups is 3. The van der Waals surface area contributed by atoms with Gasteiger partial charge in [0, 0.05) is 18.0 Å². The fraction of sp³-hybridized carbons (Fsp3) is 0.500. The molecule has 0 atom stereocenters. The van der Waals surface area contributed by atoms with Crippen molar-refractivity contribution in [2.75, 3.05) is 13.1 Å². The summed E-state index contributed by atoms with van der Waals surface area (Å²) in [4.78, 5) is 36.4. The zero-order valence-electron chi connectivity index (χ0n) is 14.0. The number of allylic oxidation sites excluding steroid dienone is 1. The first-order valence-corrected chi connectivity index (χ1v) is 9.21. The molecule has 2 amide bonds. The van der Waals surface area contributed by atoms with E-state index in [0.29, 0.717) is 24.4 Å². The normalized spacial score (nSPS) is 14.0. The molecule has 1 aliphatic rings. The molecule has 0 fully saturated rings. The molecule has 2 N–H and O–H groups in total. The van der Waals surface area contributed by atoms with Crippen LogP contribution in [0.25, 0.3) is 0 Å². The first-order valence-electron chi connectivity index (χ1n) is 8.40. The molecule has 6 heteroatoms. The van der Waals surface area contributed by atoms with Gasteiger partial charge in [0.05, 0.1) is 4.88 Å². The Labute approximate surface area is 146 Å². The number of hydrogen-bond acceptors (Lipinski definition) is 4. The maximum Gasteiger partial charge on any atom is 0.309 e. The van der Waals surface area contributed by atoms with E-state index >= 15 is 0 Å². The van der Waals surface area contributed by atoms with E-state index < -0.39 is 11.8 Å². The predicted octanol–water partition coefficient (Wildman–Crippen LogP) is 2.62. The lowest BCUT2D eigenvalue weighted by Gasteiger charge is -2.12. The van der Waals surface area contributed by atoms with Crippen LogP contribution < -0.4 is 10.6 Å². The molecule has 0 aromatic carbocycles. The molecule has 0 aliphatic heterocycles. The molecular formula is C18H24N2O3S. The van der Waals surface area contributed by atoms with E-state index in [1.165, 1.54) is 36.7 Å². The van der Waals surface area contributed by atoms with Gasteiger partial charge in [-0.25, -0.2) is 0 Å². The predicted molar refractivity (Wildman–Crippen MR) is 95.2 cm³/mol. The van der Waals surface area contributed by atoms with Crippen LogP contribution in [-0.4, -0.2) is 30.7 Å². The number of rotatable bonds is 7. The molecule has 130 valence electrons. The molecule has 1 heterocycles. The van der Waals surface area contributed by atoms with Crippen molar-refractivity contribution in [3.05, 3.63) is 33.5 Å². The number of Topliss-reactive ketones (excluding diaryl/α,β-unsaturated/α-hetero) is 1. The third-order valence-electron chi connectivity index (χ3n) is 3.99. The first-order chi connectivity index (χ1) is 11.6. The van der Waals surface area contributed by atoms with Gasteiger partial charge < -0.3 is 10.6 Å². The number of amides is 2. The monoisotopic (exact) mass is 348 g/mol. The van der Waals surface area contributed by atoms with Gasteiger partial charge in [-0.15, -0.1) is 11.3 Å². The van der Waals surface area contributed by atoms with Gasteiger partial charge in [0.25, 0.3) is 0 Å². The second kappa shape index (κ2) is 9.37. The van der Waals surface area contributed by atoms with Crippen LogP contribution in [0.5, 0.6) is 0 Å². The number of ketones is 1. The highest BCUT2D eigenvalue weighted by Crippen LogP contribution is 2.19. The minimum Gasteiger partial charge on any atom is -0.348 e. The van der Waals surface area contributed by atoms with Crippen LogP contribution in [-0.2, 0) is 16.0 Å². The zero-order valence-corrected chi connectivity index (χ0v) is 14.8. The van der Waals surface area contributed by atoms with Gasteiger partial charge in [-0.3, -0.25) is 14.4 Å². The van der Waals surface area contributed by atoms with Crippen molar-refractivity contribution in [2.45, 2.75) is 45.4 Å². The maximum absolute atomic E-state index is 11.7. The molecule has 2 rings (SSSR count). The Morgan fingerprint density at radius 1 is 1.04 bits per heavy atom. The van der Waals surface area contributed by atoms with Crippen molar-refractivity contribution in [3.63, 3.8) is 0 Å². The van der Waals surface area contributed by atoms with Crippen LogP contribution in [0, 0.1) is 0 Å². The second-order valence-electron chi connectivity index (χ2n) is 5.94. The molecule has 0 radical (unpaired) electrons. The molecule has 0 saturated heterocycles. The lowest BCUT2D eigenvalue weighted by molar-refractivity contribution is -0.139. The van der Waals surface area contributed by atoms with E-state index in [0.717, 1.165) is 24.1 Å². The highest BCUT2D eigenvalue weighted by atomic mass is 32.1. The SMILES string of the molecule is CC(=O)c1ccc(CCNC(=O)C(=O)NCCC2=CCCCC2)s1. The highest BCUT2D eigenvalue weighted by molar-refractivity contribution is 7.14. The Balaban J connectivity index is 1.63. The molecule has 5 nitrogen and oxygen atoms in total. The second-order valence-corrected chi connectivity index (χ2v) is 7.11. The standard InChI is InChI=1S/C18H24N2O3S/c1-13(21)16-8-7-15(24-16)10-12-20-18(23)17(22)19-11-9-14-5-3-2-4-6-14/h5,7-8H,2-4,6,9-12H2,1H3,(H,19,22)(H,20,23). The fourth-order valence-corrected chi connectivity index (χ4v) is 3.53. The molecule has 1 aliphatic carbocycles. The van der Waals surface area contributed by atoms with Gasteiger partial charge in [-0.2, -0.15) is 0 Å². The lowest BCUT2D eigenvalue weighted by Crippen LogP contribution is -2.41. The minimum absolute atomic E-state index is 0.0442. The van der Waals surface area contributed by atoms with E-state index in [9.17, 15) is 14.4 Å². The van der Waals surface area contributed by atoms with Crippen molar-refractivity contribution in [1.82, 2.24) is 10.6 Å². The van der Waals surface area contributed by atoms with Gasteiger partial charge >= 0.3 is 11.8 Å². The van der Waals surface area contributed by atoms with Gasteiger partial charge in [-0.05, 0) is 57.6 Å². The minimum atomic E-state index is -0.601. The van der Waals surface area contributed by atoms with Gasteiger partial charge in [0.1, 0.15) is 0 Å². The quantitative estimate of drug-likeness (QED) is 0.452. The smallest absolute Gasteiger partial charge is 0.309 e. The van der Waals surface area contributed by atoms with E-state index in [4.69, 9.17) is 0 Å². The Kier molecular flexibility index (Phi) is 7.18. The maximum atomic E-state index is 11.7. The van der Waals surface area contributed by atoms with Crippen molar-refractivity contribution in [3.8, 4) is 0 Å². The molecule has 24 heavy (non-hydrogen) atoms. The van der Waals surface area contributed by atoms with Gasteiger partial charge in [0.15, 0.2) is 5.78 Å². The summed E-state index contributed by atoms with van der Waals surface area (Å²) < 4.78 is 0. The third-order valence-corrected chi connectivity index (χ3v) is 5.23. The summed E-state index contributed by atoms with van der Waals surface area (Å²) in [6.07, 6.45) is 8.37. The number of carbonyl (C=O) groups excluding carboxylic acids is 3. The molecular weight excluding hydrogens is 324 g/mol. The third kappa shape index (κ3) is 5.92. The lowest BCUT2D eigenvalue weighted by atomic mass is 9.97. The first kappa shape index (κ1) is 18.4. The summed E-state index contributed by atoms with van der Waals surface area (Å²) in [5, 5.41) is 5.28. The molecule has 0 bridgehead atoms. The Morgan fingerprint density at radius 2 is 1.75 bits per heavy atom. The number of thiophene rings is 1. The molecule has 1 aromatic heterocycles. The van der Waals surface area contributed by atoms with Crippen LogP contribution in [0.3, 0.4) is 0 Å².